The van der Waals surface area contributed by atoms with Crippen molar-refractivity contribution in [3.8, 4) is 0 Å². The summed E-state index contributed by atoms with van der Waals surface area (Å²) < 4.78 is 10.7. The predicted molar refractivity (Wildman–Crippen MR) is 72.0 cm³/mol. The number of benzene rings is 1. The molecule has 2 aliphatic heterocycles. The summed E-state index contributed by atoms with van der Waals surface area (Å²) in [5, 5.41) is 3.30. The number of anilines is 1. The fraction of sp³-hybridized carbons (Fsp3) is 0.533. The lowest BCUT2D eigenvalue weighted by molar-refractivity contribution is -0.149. The van der Waals surface area contributed by atoms with E-state index in [4.69, 9.17) is 9.47 Å². The second kappa shape index (κ2) is 5.61. The molecule has 19 heavy (non-hydrogen) atoms. The lowest BCUT2D eigenvalue weighted by Gasteiger charge is -2.25. The number of hydrogen-bond donors (Lipinski definition) is 1. The first-order chi connectivity index (χ1) is 9.33. The first-order valence-corrected chi connectivity index (χ1v) is 6.89. The Morgan fingerprint density at radius 1 is 1.42 bits per heavy atom. The molecule has 0 saturated carbocycles. The Labute approximate surface area is 113 Å². The van der Waals surface area contributed by atoms with E-state index in [2.05, 4.69) is 11.4 Å². The molecule has 3 rings (SSSR count). The second-order valence-corrected chi connectivity index (χ2v) is 5.30. The fourth-order valence-electron chi connectivity index (χ4n) is 2.64. The van der Waals surface area contributed by atoms with Crippen molar-refractivity contribution in [1.29, 1.82) is 0 Å². The molecular formula is C15H19NO3. The van der Waals surface area contributed by atoms with Crippen LogP contribution in [0.1, 0.15) is 12.0 Å². The minimum atomic E-state index is -0.0890. The van der Waals surface area contributed by atoms with Crippen LogP contribution in [0.2, 0.25) is 0 Å². The topological polar surface area (TPSA) is 47.6 Å². The number of esters is 1. The minimum absolute atomic E-state index is 0.0720. The Hall–Kier alpha value is -1.55. The molecule has 0 bridgehead atoms. The monoisotopic (exact) mass is 261 g/mol. The van der Waals surface area contributed by atoms with Gasteiger partial charge in [0.25, 0.3) is 0 Å². The number of rotatable bonds is 3. The Morgan fingerprint density at radius 3 is 3.16 bits per heavy atom. The summed E-state index contributed by atoms with van der Waals surface area (Å²) >= 11 is 0. The SMILES string of the molecule is O=C(OCC1CCOC1)C1CNc2ccccc2C1. The molecule has 0 aromatic heterocycles. The van der Waals surface area contributed by atoms with Crippen molar-refractivity contribution < 1.29 is 14.3 Å². The van der Waals surface area contributed by atoms with Gasteiger partial charge in [-0.15, -0.1) is 0 Å². The van der Waals surface area contributed by atoms with E-state index >= 15 is 0 Å². The van der Waals surface area contributed by atoms with Crippen molar-refractivity contribution in [1.82, 2.24) is 0 Å². The predicted octanol–water partition coefficient (Wildman–Crippen LogP) is 1.85. The minimum Gasteiger partial charge on any atom is -0.465 e. The van der Waals surface area contributed by atoms with Gasteiger partial charge in [-0.05, 0) is 24.5 Å². The van der Waals surface area contributed by atoms with E-state index < -0.39 is 0 Å². The van der Waals surface area contributed by atoms with Crippen molar-refractivity contribution in [2.45, 2.75) is 12.8 Å². The summed E-state index contributed by atoms with van der Waals surface area (Å²) in [6, 6.07) is 8.12. The van der Waals surface area contributed by atoms with Crippen molar-refractivity contribution >= 4 is 11.7 Å². The van der Waals surface area contributed by atoms with Gasteiger partial charge in [-0.2, -0.15) is 0 Å². The van der Waals surface area contributed by atoms with Gasteiger partial charge in [0, 0.05) is 24.8 Å². The number of hydrogen-bond acceptors (Lipinski definition) is 4. The first-order valence-electron chi connectivity index (χ1n) is 6.89. The van der Waals surface area contributed by atoms with E-state index in [1.807, 2.05) is 18.2 Å². The zero-order valence-corrected chi connectivity index (χ0v) is 10.9. The zero-order chi connectivity index (χ0) is 13.1. The molecule has 0 radical (unpaired) electrons. The molecule has 4 nitrogen and oxygen atoms in total. The van der Waals surface area contributed by atoms with Gasteiger partial charge in [-0.1, -0.05) is 18.2 Å². The molecule has 1 aromatic rings. The Balaban J connectivity index is 1.54. The lowest BCUT2D eigenvalue weighted by atomic mass is 9.94. The average Bonchev–Trinajstić information content (AvgIpc) is 2.97. The van der Waals surface area contributed by atoms with Gasteiger partial charge in [0.15, 0.2) is 0 Å². The number of fused-ring (bicyclic) bond motifs is 1. The van der Waals surface area contributed by atoms with E-state index in [9.17, 15) is 4.79 Å². The summed E-state index contributed by atoms with van der Waals surface area (Å²) in [6.07, 6.45) is 1.77. The van der Waals surface area contributed by atoms with E-state index in [0.29, 0.717) is 19.1 Å². The van der Waals surface area contributed by atoms with Crippen molar-refractivity contribution in [2.24, 2.45) is 11.8 Å². The standard InChI is InChI=1S/C15H19NO3/c17-15(19-10-11-5-6-18-9-11)13-7-12-3-1-2-4-14(12)16-8-13/h1-4,11,13,16H,5-10H2. The van der Waals surface area contributed by atoms with Crippen LogP contribution in [-0.4, -0.2) is 32.3 Å². The Kier molecular flexibility index (Phi) is 3.69. The number of carbonyl (C=O) groups is 1. The Morgan fingerprint density at radius 2 is 2.32 bits per heavy atom. The summed E-state index contributed by atoms with van der Waals surface area (Å²) in [5.41, 5.74) is 2.33. The number of para-hydroxylation sites is 1. The molecule has 1 saturated heterocycles. The normalized spacial score (nSPS) is 25.5. The maximum absolute atomic E-state index is 12.1. The number of carbonyl (C=O) groups excluding carboxylic acids is 1. The van der Waals surface area contributed by atoms with Crippen LogP contribution in [-0.2, 0) is 20.7 Å². The molecule has 102 valence electrons. The van der Waals surface area contributed by atoms with Gasteiger partial charge in [0.05, 0.1) is 19.1 Å². The van der Waals surface area contributed by atoms with E-state index in [1.54, 1.807) is 0 Å². The zero-order valence-electron chi connectivity index (χ0n) is 10.9. The fourth-order valence-corrected chi connectivity index (χ4v) is 2.64. The highest BCUT2D eigenvalue weighted by Gasteiger charge is 2.26. The third kappa shape index (κ3) is 2.89. The van der Waals surface area contributed by atoms with Gasteiger partial charge >= 0.3 is 5.97 Å². The van der Waals surface area contributed by atoms with Crippen LogP contribution < -0.4 is 5.32 Å². The highest BCUT2D eigenvalue weighted by Crippen LogP contribution is 2.25. The molecule has 2 atom stereocenters. The van der Waals surface area contributed by atoms with Crippen LogP contribution in [0, 0.1) is 11.8 Å². The molecule has 2 unspecified atom stereocenters. The summed E-state index contributed by atoms with van der Waals surface area (Å²) in [6.45, 7) is 2.67. The smallest absolute Gasteiger partial charge is 0.311 e. The molecule has 1 fully saturated rings. The largest absolute Gasteiger partial charge is 0.465 e. The van der Waals surface area contributed by atoms with Crippen LogP contribution in [0.5, 0.6) is 0 Å². The van der Waals surface area contributed by atoms with E-state index in [-0.39, 0.29) is 11.9 Å². The van der Waals surface area contributed by atoms with Gasteiger partial charge < -0.3 is 14.8 Å². The van der Waals surface area contributed by atoms with Gasteiger partial charge in [-0.25, -0.2) is 0 Å². The van der Waals surface area contributed by atoms with Crippen molar-refractivity contribution in [3.63, 3.8) is 0 Å². The third-order valence-electron chi connectivity index (χ3n) is 3.84. The quantitative estimate of drug-likeness (QED) is 0.844. The lowest BCUT2D eigenvalue weighted by Crippen LogP contribution is -2.32. The molecular weight excluding hydrogens is 242 g/mol. The highest BCUT2D eigenvalue weighted by molar-refractivity contribution is 5.75. The molecule has 0 aliphatic carbocycles. The van der Waals surface area contributed by atoms with Crippen molar-refractivity contribution in [3.05, 3.63) is 29.8 Å². The average molecular weight is 261 g/mol. The van der Waals surface area contributed by atoms with E-state index in [1.165, 1.54) is 5.56 Å². The van der Waals surface area contributed by atoms with Crippen molar-refractivity contribution in [2.75, 3.05) is 31.7 Å². The summed E-state index contributed by atoms with van der Waals surface area (Å²) in [5.74, 6) is 0.221. The molecule has 1 aromatic carbocycles. The van der Waals surface area contributed by atoms with Crippen LogP contribution in [0.4, 0.5) is 5.69 Å². The second-order valence-electron chi connectivity index (χ2n) is 5.30. The van der Waals surface area contributed by atoms with Crippen LogP contribution in [0.3, 0.4) is 0 Å². The first kappa shape index (κ1) is 12.5. The summed E-state index contributed by atoms with van der Waals surface area (Å²) in [4.78, 5) is 12.1. The van der Waals surface area contributed by atoms with Gasteiger partial charge in [-0.3, -0.25) is 4.79 Å². The van der Waals surface area contributed by atoms with Gasteiger partial charge in [0.1, 0.15) is 0 Å². The summed E-state index contributed by atoms with van der Waals surface area (Å²) in [7, 11) is 0. The molecule has 4 heteroatoms. The molecule has 1 N–H and O–H groups in total. The van der Waals surface area contributed by atoms with Crippen LogP contribution >= 0.6 is 0 Å². The molecule has 2 heterocycles. The van der Waals surface area contributed by atoms with E-state index in [0.717, 1.165) is 31.7 Å². The Bertz CT molecular complexity index is 454. The van der Waals surface area contributed by atoms with Gasteiger partial charge in [0.2, 0.25) is 0 Å². The maximum atomic E-state index is 12.1. The van der Waals surface area contributed by atoms with Crippen LogP contribution in [0.15, 0.2) is 24.3 Å². The third-order valence-corrected chi connectivity index (χ3v) is 3.84. The number of nitrogens with one attached hydrogen (secondary N) is 1. The number of ether oxygens (including phenoxy) is 2. The highest BCUT2D eigenvalue weighted by atomic mass is 16.5. The van der Waals surface area contributed by atoms with Crippen LogP contribution in [0.25, 0.3) is 0 Å². The molecule has 0 spiro atoms. The molecule has 0 amide bonds. The maximum Gasteiger partial charge on any atom is 0.311 e. The molecule has 2 aliphatic rings.